The molecule has 3 atom stereocenters. The number of carbonyl (C=O) groups excluding carboxylic acids is 1. The monoisotopic (exact) mass is 242 g/mol. The SMILES string of the molecule is CSC1CCCC(NC(=O)C2CCNC2)C1. The average Bonchev–Trinajstić information content (AvgIpc) is 2.83. The van der Waals surface area contributed by atoms with E-state index in [1.54, 1.807) is 0 Å². The number of nitrogens with one attached hydrogen (secondary N) is 2. The first-order valence-corrected chi connectivity index (χ1v) is 7.62. The second kappa shape index (κ2) is 5.92. The molecule has 1 amide bonds. The van der Waals surface area contributed by atoms with E-state index in [4.69, 9.17) is 0 Å². The molecule has 4 heteroatoms. The van der Waals surface area contributed by atoms with Crippen molar-refractivity contribution < 1.29 is 4.79 Å². The van der Waals surface area contributed by atoms with E-state index in [2.05, 4.69) is 16.9 Å². The highest BCUT2D eigenvalue weighted by Gasteiger charge is 2.27. The first kappa shape index (κ1) is 12.2. The molecule has 1 saturated heterocycles. The summed E-state index contributed by atoms with van der Waals surface area (Å²) in [5, 5.41) is 7.23. The number of thioether (sulfide) groups is 1. The van der Waals surface area contributed by atoms with E-state index in [9.17, 15) is 4.79 Å². The Hall–Kier alpha value is -0.220. The van der Waals surface area contributed by atoms with E-state index in [-0.39, 0.29) is 11.8 Å². The molecule has 1 aliphatic heterocycles. The molecule has 1 saturated carbocycles. The van der Waals surface area contributed by atoms with Crippen molar-refractivity contribution in [1.29, 1.82) is 0 Å². The molecule has 3 unspecified atom stereocenters. The number of rotatable bonds is 3. The Labute approximate surface area is 102 Å². The lowest BCUT2D eigenvalue weighted by atomic mass is 9.94. The second-order valence-electron chi connectivity index (χ2n) is 4.92. The standard InChI is InChI=1S/C12H22N2OS/c1-16-11-4-2-3-10(7-11)14-12(15)9-5-6-13-8-9/h9-11,13H,2-8H2,1H3,(H,14,15). The van der Waals surface area contributed by atoms with Gasteiger partial charge in [-0.15, -0.1) is 0 Å². The van der Waals surface area contributed by atoms with Gasteiger partial charge in [-0.1, -0.05) is 6.42 Å². The topological polar surface area (TPSA) is 41.1 Å². The third-order valence-corrected chi connectivity index (χ3v) is 4.83. The van der Waals surface area contributed by atoms with Crippen LogP contribution in [0.15, 0.2) is 0 Å². The van der Waals surface area contributed by atoms with Crippen LogP contribution < -0.4 is 10.6 Å². The quantitative estimate of drug-likeness (QED) is 0.786. The van der Waals surface area contributed by atoms with Crippen LogP contribution in [0, 0.1) is 5.92 Å². The maximum absolute atomic E-state index is 12.0. The molecule has 2 fully saturated rings. The van der Waals surface area contributed by atoms with Crippen LogP contribution in [0.3, 0.4) is 0 Å². The van der Waals surface area contributed by atoms with Gasteiger partial charge in [0.25, 0.3) is 0 Å². The van der Waals surface area contributed by atoms with Gasteiger partial charge >= 0.3 is 0 Å². The summed E-state index contributed by atoms with van der Waals surface area (Å²) in [6.07, 6.45) is 8.09. The fourth-order valence-electron chi connectivity index (χ4n) is 2.69. The van der Waals surface area contributed by atoms with E-state index in [0.29, 0.717) is 6.04 Å². The Morgan fingerprint density at radius 1 is 1.38 bits per heavy atom. The van der Waals surface area contributed by atoms with E-state index in [1.807, 2.05) is 11.8 Å². The van der Waals surface area contributed by atoms with Crippen molar-refractivity contribution in [3.63, 3.8) is 0 Å². The third-order valence-electron chi connectivity index (χ3n) is 3.74. The van der Waals surface area contributed by atoms with Crippen LogP contribution in [0.1, 0.15) is 32.1 Å². The summed E-state index contributed by atoms with van der Waals surface area (Å²) in [6, 6.07) is 0.430. The fraction of sp³-hybridized carbons (Fsp3) is 0.917. The molecule has 0 aromatic carbocycles. The normalized spacial score (nSPS) is 34.9. The lowest BCUT2D eigenvalue weighted by Crippen LogP contribution is -2.42. The van der Waals surface area contributed by atoms with Crippen molar-refractivity contribution in [2.75, 3.05) is 19.3 Å². The molecule has 1 aliphatic carbocycles. The largest absolute Gasteiger partial charge is 0.353 e. The van der Waals surface area contributed by atoms with Crippen molar-refractivity contribution in [1.82, 2.24) is 10.6 Å². The minimum absolute atomic E-state index is 0.217. The van der Waals surface area contributed by atoms with Gasteiger partial charge in [-0.2, -0.15) is 11.8 Å². The summed E-state index contributed by atoms with van der Waals surface area (Å²) in [5.41, 5.74) is 0. The number of carbonyl (C=O) groups is 1. The Balaban J connectivity index is 1.77. The van der Waals surface area contributed by atoms with Crippen molar-refractivity contribution >= 4 is 17.7 Å². The maximum atomic E-state index is 12.0. The molecule has 0 aromatic rings. The van der Waals surface area contributed by atoms with Gasteiger partial charge in [0.2, 0.25) is 5.91 Å². The van der Waals surface area contributed by atoms with E-state index in [1.165, 1.54) is 19.3 Å². The molecule has 0 bridgehead atoms. The molecule has 3 nitrogen and oxygen atoms in total. The first-order valence-electron chi connectivity index (χ1n) is 6.33. The predicted octanol–water partition coefficient (Wildman–Crippen LogP) is 1.39. The van der Waals surface area contributed by atoms with E-state index < -0.39 is 0 Å². The summed E-state index contributed by atoms with van der Waals surface area (Å²) >= 11 is 1.95. The molecule has 2 N–H and O–H groups in total. The van der Waals surface area contributed by atoms with Crippen molar-refractivity contribution in [2.24, 2.45) is 5.92 Å². The molecular weight excluding hydrogens is 220 g/mol. The Morgan fingerprint density at radius 3 is 2.94 bits per heavy atom. The van der Waals surface area contributed by atoms with Gasteiger partial charge in [-0.05, 0) is 38.5 Å². The van der Waals surface area contributed by atoms with Crippen LogP contribution in [-0.2, 0) is 4.79 Å². The highest BCUT2D eigenvalue weighted by molar-refractivity contribution is 7.99. The second-order valence-corrected chi connectivity index (χ2v) is 6.06. The minimum Gasteiger partial charge on any atom is -0.353 e. The highest BCUT2D eigenvalue weighted by Crippen LogP contribution is 2.27. The lowest BCUT2D eigenvalue weighted by Gasteiger charge is -2.29. The Bertz CT molecular complexity index is 241. The average molecular weight is 242 g/mol. The zero-order valence-electron chi connectivity index (χ0n) is 10.00. The zero-order chi connectivity index (χ0) is 11.4. The van der Waals surface area contributed by atoms with Gasteiger partial charge in [0.15, 0.2) is 0 Å². The summed E-state index contributed by atoms with van der Waals surface area (Å²) in [5.74, 6) is 0.492. The van der Waals surface area contributed by atoms with Crippen molar-refractivity contribution in [3.8, 4) is 0 Å². The number of hydrogen-bond donors (Lipinski definition) is 2. The third kappa shape index (κ3) is 3.14. The van der Waals surface area contributed by atoms with Crippen LogP contribution in [0.4, 0.5) is 0 Å². The van der Waals surface area contributed by atoms with Crippen LogP contribution in [0.5, 0.6) is 0 Å². The lowest BCUT2D eigenvalue weighted by molar-refractivity contribution is -0.125. The molecule has 1 heterocycles. The Morgan fingerprint density at radius 2 is 2.25 bits per heavy atom. The molecule has 2 rings (SSSR count). The summed E-state index contributed by atoms with van der Waals surface area (Å²) in [4.78, 5) is 12.0. The molecular formula is C12H22N2OS. The molecule has 2 aliphatic rings. The fourth-order valence-corrected chi connectivity index (χ4v) is 3.51. The van der Waals surface area contributed by atoms with Crippen molar-refractivity contribution in [2.45, 2.75) is 43.4 Å². The van der Waals surface area contributed by atoms with Crippen LogP contribution >= 0.6 is 11.8 Å². The van der Waals surface area contributed by atoms with Gasteiger partial charge in [0, 0.05) is 17.8 Å². The van der Waals surface area contributed by atoms with E-state index >= 15 is 0 Å². The van der Waals surface area contributed by atoms with E-state index in [0.717, 1.165) is 31.2 Å². The number of hydrogen-bond acceptors (Lipinski definition) is 3. The molecule has 0 aromatic heterocycles. The first-order chi connectivity index (χ1) is 7.79. The van der Waals surface area contributed by atoms with Gasteiger partial charge < -0.3 is 10.6 Å². The molecule has 92 valence electrons. The molecule has 0 spiro atoms. The maximum Gasteiger partial charge on any atom is 0.224 e. The van der Waals surface area contributed by atoms with Crippen LogP contribution in [0.25, 0.3) is 0 Å². The number of amides is 1. The highest BCUT2D eigenvalue weighted by atomic mass is 32.2. The minimum atomic E-state index is 0.217. The summed E-state index contributed by atoms with van der Waals surface area (Å²) in [7, 11) is 0. The van der Waals surface area contributed by atoms with Gasteiger partial charge in [-0.25, -0.2) is 0 Å². The van der Waals surface area contributed by atoms with Gasteiger partial charge in [0.05, 0.1) is 5.92 Å². The zero-order valence-corrected chi connectivity index (χ0v) is 10.8. The van der Waals surface area contributed by atoms with Crippen molar-refractivity contribution in [3.05, 3.63) is 0 Å². The van der Waals surface area contributed by atoms with Crippen LogP contribution in [-0.4, -0.2) is 36.5 Å². The smallest absolute Gasteiger partial charge is 0.224 e. The van der Waals surface area contributed by atoms with Crippen LogP contribution in [0.2, 0.25) is 0 Å². The van der Waals surface area contributed by atoms with Gasteiger partial charge in [0.1, 0.15) is 0 Å². The predicted molar refractivity (Wildman–Crippen MR) is 68.7 cm³/mol. The van der Waals surface area contributed by atoms with Gasteiger partial charge in [-0.3, -0.25) is 4.79 Å². The summed E-state index contributed by atoms with van der Waals surface area (Å²) in [6.45, 7) is 1.86. The Kier molecular flexibility index (Phi) is 4.53. The summed E-state index contributed by atoms with van der Waals surface area (Å²) < 4.78 is 0. The molecule has 16 heavy (non-hydrogen) atoms. The molecule has 0 radical (unpaired) electrons.